The molecular weight excluding hydrogens is 316 g/mol. The summed E-state index contributed by atoms with van der Waals surface area (Å²) in [4.78, 5) is 10.7. The summed E-state index contributed by atoms with van der Waals surface area (Å²) in [5.41, 5.74) is -9.56. The van der Waals surface area contributed by atoms with Gasteiger partial charge in [0, 0.05) is 13.3 Å². The first kappa shape index (κ1) is 16.3. The van der Waals surface area contributed by atoms with Gasteiger partial charge in [0.2, 0.25) is 11.3 Å². The van der Waals surface area contributed by atoms with Crippen molar-refractivity contribution in [3.63, 3.8) is 0 Å². The predicted molar refractivity (Wildman–Crippen MR) is 51.9 cm³/mol. The Morgan fingerprint density at radius 2 is 1.38 bits per heavy atom. The van der Waals surface area contributed by atoms with Crippen LogP contribution in [0.25, 0.3) is 0 Å². The summed E-state index contributed by atoms with van der Waals surface area (Å²) in [6.45, 7) is 0.832. The number of ether oxygens (including phenoxy) is 1. The second-order valence-electron chi connectivity index (χ2n) is 5.30. The number of esters is 1. The molecule has 122 valence electrons. The van der Waals surface area contributed by atoms with Crippen molar-refractivity contribution in [3.8, 4) is 0 Å². The van der Waals surface area contributed by atoms with E-state index in [1.807, 2.05) is 0 Å². The number of fused-ring (bicyclic) bond motifs is 1. The van der Waals surface area contributed by atoms with E-state index in [2.05, 4.69) is 4.74 Å². The average Bonchev–Trinajstić information content (AvgIpc) is 2.36. The van der Waals surface area contributed by atoms with Crippen LogP contribution >= 0.6 is 0 Å². The number of hydrogen-bond donors (Lipinski definition) is 0. The van der Waals surface area contributed by atoms with Gasteiger partial charge in [0.1, 0.15) is 6.10 Å². The third-order valence-electron chi connectivity index (χ3n) is 4.06. The van der Waals surface area contributed by atoms with Gasteiger partial charge in [-0.2, -0.15) is 26.3 Å². The van der Waals surface area contributed by atoms with Crippen LogP contribution in [0.3, 0.4) is 0 Å². The minimum absolute atomic E-state index is 0.760. The Labute approximate surface area is 113 Å². The molecule has 0 aromatic heterocycles. The maximum Gasteiger partial charge on any atom is 0.378 e. The summed E-state index contributed by atoms with van der Waals surface area (Å²) in [7, 11) is 0. The Morgan fingerprint density at radius 3 is 1.86 bits per heavy atom. The van der Waals surface area contributed by atoms with E-state index in [1.54, 1.807) is 0 Å². The molecule has 0 heterocycles. The molecular formula is C11H10F8O2. The first-order valence-electron chi connectivity index (χ1n) is 5.93. The second kappa shape index (κ2) is 4.01. The zero-order chi connectivity index (χ0) is 16.5. The fourth-order valence-corrected chi connectivity index (χ4v) is 2.95. The molecule has 10 heteroatoms. The van der Waals surface area contributed by atoms with E-state index in [4.69, 9.17) is 0 Å². The zero-order valence-electron chi connectivity index (χ0n) is 10.5. The molecule has 0 N–H and O–H groups in total. The Balaban J connectivity index is 2.52. The molecule has 0 amide bonds. The maximum atomic E-state index is 14.3. The van der Waals surface area contributed by atoms with Crippen molar-refractivity contribution in [2.24, 2.45) is 0 Å². The maximum absolute atomic E-state index is 14.3. The monoisotopic (exact) mass is 326 g/mol. The van der Waals surface area contributed by atoms with Gasteiger partial charge in [0.05, 0.1) is 0 Å². The highest BCUT2D eigenvalue weighted by atomic mass is 19.4. The van der Waals surface area contributed by atoms with Crippen molar-refractivity contribution < 1.29 is 44.7 Å². The van der Waals surface area contributed by atoms with Gasteiger partial charge in [-0.05, 0) is 12.8 Å². The minimum Gasteiger partial charge on any atom is -0.462 e. The second-order valence-corrected chi connectivity index (χ2v) is 5.30. The molecule has 0 bridgehead atoms. The van der Waals surface area contributed by atoms with Crippen LogP contribution in [0.4, 0.5) is 35.1 Å². The molecule has 2 aliphatic carbocycles. The summed E-state index contributed by atoms with van der Waals surface area (Å²) in [5, 5.41) is 0. The lowest BCUT2D eigenvalue weighted by molar-refractivity contribution is -0.292. The summed E-state index contributed by atoms with van der Waals surface area (Å²) in [6, 6.07) is 0. The molecule has 2 saturated carbocycles. The molecule has 0 aliphatic heterocycles. The van der Waals surface area contributed by atoms with Crippen molar-refractivity contribution in [1.29, 1.82) is 0 Å². The van der Waals surface area contributed by atoms with Gasteiger partial charge < -0.3 is 4.74 Å². The first-order chi connectivity index (χ1) is 9.24. The molecule has 3 unspecified atom stereocenters. The normalized spacial score (nSPS) is 43.2. The first-order valence-corrected chi connectivity index (χ1v) is 5.93. The van der Waals surface area contributed by atoms with Crippen molar-refractivity contribution in [2.75, 3.05) is 0 Å². The van der Waals surface area contributed by atoms with E-state index in [9.17, 15) is 39.9 Å². The highest BCUT2D eigenvalue weighted by Crippen LogP contribution is 2.72. The molecule has 0 radical (unpaired) electrons. The molecule has 0 spiro atoms. The average molecular weight is 326 g/mol. The quantitative estimate of drug-likeness (QED) is 0.545. The third-order valence-corrected chi connectivity index (χ3v) is 4.06. The Bertz CT molecular complexity index is 479. The molecule has 2 rings (SSSR count). The van der Waals surface area contributed by atoms with Gasteiger partial charge in [-0.25, -0.2) is 8.78 Å². The molecule has 0 aromatic carbocycles. The summed E-state index contributed by atoms with van der Waals surface area (Å²) >= 11 is 0. The van der Waals surface area contributed by atoms with Crippen LogP contribution in [0, 0.1) is 0 Å². The van der Waals surface area contributed by atoms with Crippen LogP contribution in [-0.4, -0.2) is 41.2 Å². The Kier molecular flexibility index (Phi) is 3.11. The largest absolute Gasteiger partial charge is 0.462 e. The van der Waals surface area contributed by atoms with E-state index in [0.717, 1.165) is 6.92 Å². The molecule has 21 heavy (non-hydrogen) atoms. The SMILES string of the molecule is CC(=O)OC1CCC2(F)C(F)(F)C(F)(F)C(F)(F)C2(F)C1. The van der Waals surface area contributed by atoms with Crippen LogP contribution in [-0.2, 0) is 9.53 Å². The van der Waals surface area contributed by atoms with Crippen molar-refractivity contribution in [3.05, 3.63) is 0 Å². The van der Waals surface area contributed by atoms with Crippen molar-refractivity contribution in [2.45, 2.75) is 61.4 Å². The number of rotatable bonds is 1. The zero-order valence-corrected chi connectivity index (χ0v) is 10.5. The third kappa shape index (κ3) is 1.56. The van der Waals surface area contributed by atoms with Gasteiger partial charge in [-0.1, -0.05) is 0 Å². The van der Waals surface area contributed by atoms with Crippen LogP contribution in [0.5, 0.6) is 0 Å². The molecule has 2 nitrogen and oxygen atoms in total. The lowest BCUT2D eigenvalue weighted by Gasteiger charge is -2.42. The van der Waals surface area contributed by atoms with Gasteiger partial charge >= 0.3 is 23.7 Å². The van der Waals surface area contributed by atoms with Gasteiger partial charge in [0.15, 0.2) is 0 Å². The van der Waals surface area contributed by atoms with Gasteiger partial charge in [0.25, 0.3) is 0 Å². The summed E-state index contributed by atoms with van der Waals surface area (Å²) in [5.74, 6) is -19.0. The smallest absolute Gasteiger partial charge is 0.378 e. The van der Waals surface area contributed by atoms with Crippen LogP contribution in [0.2, 0.25) is 0 Å². The topological polar surface area (TPSA) is 26.3 Å². The summed E-state index contributed by atoms with van der Waals surface area (Å²) < 4.78 is 113. The van der Waals surface area contributed by atoms with E-state index < -0.39 is 60.4 Å². The van der Waals surface area contributed by atoms with E-state index in [1.165, 1.54) is 0 Å². The molecule has 2 aliphatic rings. The lowest BCUT2D eigenvalue weighted by atomic mass is 9.73. The predicted octanol–water partition coefficient (Wildman–Crippen LogP) is 3.44. The number of hydrogen-bond acceptors (Lipinski definition) is 2. The standard InChI is InChI=1S/C11H10F8O2/c1-5(20)21-6-2-3-7(12)8(13,4-6)10(16,17)11(18,19)9(7,14)15/h6H,2-4H2,1H3. The van der Waals surface area contributed by atoms with Crippen LogP contribution in [0.1, 0.15) is 26.2 Å². The van der Waals surface area contributed by atoms with Crippen molar-refractivity contribution in [1.82, 2.24) is 0 Å². The Morgan fingerprint density at radius 1 is 0.905 bits per heavy atom. The molecule has 3 atom stereocenters. The van der Waals surface area contributed by atoms with Crippen LogP contribution < -0.4 is 0 Å². The lowest BCUT2D eigenvalue weighted by Crippen LogP contribution is -2.61. The summed E-state index contributed by atoms with van der Waals surface area (Å²) in [6.07, 6.45) is -5.81. The Hall–Kier alpha value is -1.09. The fourth-order valence-electron chi connectivity index (χ4n) is 2.95. The van der Waals surface area contributed by atoms with Crippen molar-refractivity contribution >= 4 is 5.97 Å². The highest BCUT2D eigenvalue weighted by molar-refractivity contribution is 5.66. The molecule has 2 fully saturated rings. The highest BCUT2D eigenvalue weighted by Gasteiger charge is 2.99. The van der Waals surface area contributed by atoms with E-state index in [-0.39, 0.29) is 0 Å². The minimum atomic E-state index is -6.19. The number of carbonyl (C=O) groups excluding carboxylic acids is 1. The number of carbonyl (C=O) groups is 1. The van der Waals surface area contributed by atoms with Gasteiger partial charge in [-0.15, -0.1) is 0 Å². The molecule has 0 aromatic rings. The van der Waals surface area contributed by atoms with E-state index >= 15 is 0 Å². The van der Waals surface area contributed by atoms with E-state index in [0.29, 0.717) is 0 Å². The van der Waals surface area contributed by atoms with Gasteiger partial charge in [-0.3, -0.25) is 4.79 Å². The number of alkyl halides is 8. The fraction of sp³-hybridized carbons (Fsp3) is 0.909. The number of halogens is 8. The van der Waals surface area contributed by atoms with Crippen LogP contribution in [0.15, 0.2) is 0 Å². The molecule has 0 saturated heterocycles.